The van der Waals surface area contributed by atoms with E-state index in [1.165, 1.54) is 0 Å². The Kier molecular flexibility index (Phi) is 3.88. The fourth-order valence-electron chi connectivity index (χ4n) is 1.20. The van der Waals surface area contributed by atoms with Gasteiger partial charge in [-0.2, -0.15) is 5.10 Å². The van der Waals surface area contributed by atoms with Crippen molar-refractivity contribution in [3.05, 3.63) is 11.8 Å². The van der Waals surface area contributed by atoms with Gasteiger partial charge in [0.25, 0.3) is 0 Å². The van der Waals surface area contributed by atoms with Crippen molar-refractivity contribution in [3.8, 4) is 0 Å². The Morgan fingerprint density at radius 3 is 2.53 bits per heavy atom. The summed E-state index contributed by atoms with van der Waals surface area (Å²) in [6.07, 6.45) is -0.227. The molecule has 0 aliphatic rings. The minimum Gasteiger partial charge on any atom is -0.481 e. The Hall–Kier alpha value is -1.85. The predicted molar refractivity (Wildman–Crippen MR) is 62.8 cm³/mol. The van der Waals surface area contributed by atoms with Crippen LogP contribution in [0.25, 0.3) is 0 Å². The van der Waals surface area contributed by atoms with Gasteiger partial charge in [-0.25, -0.2) is 0 Å². The zero-order valence-corrected chi connectivity index (χ0v) is 10.2. The quantitative estimate of drug-likeness (QED) is 0.742. The lowest BCUT2D eigenvalue weighted by molar-refractivity contribution is -0.138. The van der Waals surface area contributed by atoms with Gasteiger partial charge in [0.2, 0.25) is 5.91 Å². The van der Waals surface area contributed by atoms with Gasteiger partial charge >= 0.3 is 5.97 Å². The van der Waals surface area contributed by atoms with Crippen molar-refractivity contribution in [2.24, 2.45) is 0 Å². The summed E-state index contributed by atoms with van der Waals surface area (Å²) >= 11 is 0. The van der Waals surface area contributed by atoms with Crippen LogP contribution >= 0.6 is 0 Å². The van der Waals surface area contributed by atoms with Crippen molar-refractivity contribution in [2.75, 3.05) is 5.32 Å². The number of hydrogen-bond donors (Lipinski definition) is 3. The molecule has 1 heterocycles. The zero-order valence-electron chi connectivity index (χ0n) is 10.2. The summed E-state index contributed by atoms with van der Waals surface area (Å²) in [6, 6.07) is 1.75. The maximum Gasteiger partial charge on any atom is 0.303 e. The SMILES string of the molecule is CC(C)(C)c1cc(NC(=O)CCC(=O)O)n[nH]1. The summed E-state index contributed by atoms with van der Waals surface area (Å²) in [5.41, 5.74) is 0.836. The zero-order chi connectivity index (χ0) is 13.1. The lowest BCUT2D eigenvalue weighted by atomic mass is 9.92. The maximum atomic E-state index is 11.3. The standard InChI is InChI=1S/C11H17N3O3/c1-11(2,3)7-6-8(14-13-7)12-9(15)4-5-10(16)17/h6H,4-5H2,1-3H3,(H,16,17)(H2,12,13,14,15). The topological polar surface area (TPSA) is 95.1 Å². The Bertz CT molecular complexity index is 418. The van der Waals surface area contributed by atoms with Crippen molar-refractivity contribution in [3.63, 3.8) is 0 Å². The number of carboxylic acids is 1. The highest BCUT2D eigenvalue weighted by Crippen LogP contribution is 2.21. The molecule has 0 radical (unpaired) electrons. The number of nitrogens with one attached hydrogen (secondary N) is 2. The number of amides is 1. The molecule has 1 aromatic heterocycles. The van der Waals surface area contributed by atoms with E-state index >= 15 is 0 Å². The molecule has 0 aliphatic heterocycles. The number of nitrogens with zero attached hydrogens (tertiary/aromatic N) is 1. The molecule has 3 N–H and O–H groups in total. The number of anilines is 1. The summed E-state index contributed by atoms with van der Waals surface area (Å²) < 4.78 is 0. The van der Waals surface area contributed by atoms with Crippen LogP contribution in [0.3, 0.4) is 0 Å². The largest absolute Gasteiger partial charge is 0.481 e. The Labute approximate surface area is 99.4 Å². The van der Waals surface area contributed by atoms with Crippen LogP contribution in [0.4, 0.5) is 5.82 Å². The normalized spacial score (nSPS) is 11.2. The molecule has 0 bridgehead atoms. The molecule has 6 nitrogen and oxygen atoms in total. The molecule has 0 aliphatic carbocycles. The third kappa shape index (κ3) is 4.26. The first-order chi connectivity index (χ1) is 7.79. The van der Waals surface area contributed by atoms with E-state index in [1.54, 1.807) is 6.07 Å². The highest BCUT2D eigenvalue weighted by atomic mass is 16.4. The Morgan fingerprint density at radius 1 is 1.41 bits per heavy atom. The van der Waals surface area contributed by atoms with Crippen molar-refractivity contribution in [2.45, 2.75) is 39.0 Å². The van der Waals surface area contributed by atoms with Crippen LogP contribution < -0.4 is 5.32 Å². The molecule has 0 saturated carbocycles. The van der Waals surface area contributed by atoms with Crippen LogP contribution in [0.2, 0.25) is 0 Å². The lowest BCUT2D eigenvalue weighted by Gasteiger charge is -2.14. The third-order valence-corrected chi connectivity index (χ3v) is 2.22. The number of carboxylic acid groups (broad SMARTS) is 1. The van der Waals surface area contributed by atoms with E-state index in [9.17, 15) is 9.59 Å². The van der Waals surface area contributed by atoms with Crippen molar-refractivity contribution < 1.29 is 14.7 Å². The fraction of sp³-hybridized carbons (Fsp3) is 0.545. The Morgan fingerprint density at radius 2 is 2.06 bits per heavy atom. The van der Waals surface area contributed by atoms with Crippen LogP contribution in [0.5, 0.6) is 0 Å². The van der Waals surface area contributed by atoms with Gasteiger partial charge in [0.1, 0.15) is 0 Å². The molecule has 1 aromatic rings. The minimum absolute atomic E-state index is 0.0486. The van der Waals surface area contributed by atoms with Crippen LogP contribution in [-0.2, 0) is 15.0 Å². The van der Waals surface area contributed by atoms with E-state index in [0.717, 1.165) is 5.69 Å². The molecule has 1 rings (SSSR count). The number of hydrogen-bond acceptors (Lipinski definition) is 3. The van der Waals surface area contributed by atoms with Gasteiger partial charge in [0.05, 0.1) is 6.42 Å². The molecular formula is C11H17N3O3. The molecule has 0 fully saturated rings. The molecule has 6 heteroatoms. The molecule has 0 spiro atoms. The number of rotatable bonds is 4. The average molecular weight is 239 g/mol. The number of aromatic nitrogens is 2. The lowest BCUT2D eigenvalue weighted by Crippen LogP contribution is -2.13. The molecule has 0 aromatic carbocycles. The van der Waals surface area contributed by atoms with E-state index in [0.29, 0.717) is 5.82 Å². The molecule has 0 atom stereocenters. The smallest absolute Gasteiger partial charge is 0.303 e. The minimum atomic E-state index is -0.988. The van der Waals surface area contributed by atoms with Gasteiger partial charge in [-0.05, 0) is 0 Å². The van der Waals surface area contributed by atoms with Crippen molar-refractivity contribution in [1.29, 1.82) is 0 Å². The molecule has 1 amide bonds. The molecule has 0 unspecified atom stereocenters. The summed E-state index contributed by atoms with van der Waals surface area (Å²) in [5, 5.41) is 17.8. The van der Waals surface area contributed by atoms with Crippen LogP contribution in [0.1, 0.15) is 39.3 Å². The van der Waals surface area contributed by atoms with Gasteiger partial charge in [-0.1, -0.05) is 20.8 Å². The van der Waals surface area contributed by atoms with Crippen LogP contribution in [0.15, 0.2) is 6.07 Å². The van der Waals surface area contributed by atoms with E-state index < -0.39 is 5.97 Å². The van der Waals surface area contributed by atoms with E-state index in [-0.39, 0.29) is 24.2 Å². The number of aromatic amines is 1. The number of carbonyl (C=O) groups excluding carboxylic acids is 1. The average Bonchev–Trinajstić information content (AvgIpc) is 2.62. The van der Waals surface area contributed by atoms with E-state index in [1.807, 2.05) is 20.8 Å². The monoisotopic (exact) mass is 239 g/mol. The van der Waals surface area contributed by atoms with Gasteiger partial charge in [-0.15, -0.1) is 0 Å². The molecular weight excluding hydrogens is 222 g/mol. The van der Waals surface area contributed by atoms with Crippen molar-refractivity contribution in [1.82, 2.24) is 10.2 Å². The first-order valence-electron chi connectivity index (χ1n) is 5.36. The molecule has 17 heavy (non-hydrogen) atoms. The van der Waals surface area contributed by atoms with Crippen LogP contribution in [0, 0.1) is 0 Å². The van der Waals surface area contributed by atoms with E-state index in [4.69, 9.17) is 5.11 Å². The Balaban J connectivity index is 2.55. The highest BCUT2D eigenvalue weighted by molar-refractivity contribution is 5.91. The fourth-order valence-corrected chi connectivity index (χ4v) is 1.20. The number of H-pyrrole nitrogens is 1. The first-order valence-corrected chi connectivity index (χ1v) is 5.36. The number of carbonyl (C=O) groups is 2. The molecule has 0 saturated heterocycles. The second-order valence-electron chi connectivity index (χ2n) is 4.86. The predicted octanol–water partition coefficient (Wildman–Crippen LogP) is 1.51. The van der Waals surface area contributed by atoms with Crippen molar-refractivity contribution >= 4 is 17.7 Å². The summed E-state index contributed by atoms with van der Waals surface area (Å²) in [7, 11) is 0. The first kappa shape index (κ1) is 13.2. The highest BCUT2D eigenvalue weighted by Gasteiger charge is 2.17. The second-order valence-corrected chi connectivity index (χ2v) is 4.86. The van der Waals surface area contributed by atoms with Gasteiger partial charge in [-0.3, -0.25) is 14.7 Å². The van der Waals surface area contributed by atoms with E-state index in [2.05, 4.69) is 15.5 Å². The van der Waals surface area contributed by atoms with Gasteiger partial charge in [0.15, 0.2) is 5.82 Å². The summed E-state index contributed by atoms with van der Waals surface area (Å²) in [5.74, 6) is -0.915. The van der Waals surface area contributed by atoms with Gasteiger partial charge < -0.3 is 10.4 Å². The maximum absolute atomic E-state index is 11.3. The van der Waals surface area contributed by atoms with Gasteiger partial charge in [0, 0.05) is 23.6 Å². The number of aliphatic carboxylic acids is 1. The second kappa shape index (κ2) is 4.99. The summed E-state index contributed by atoms with van der Waals surface area (Å²) in [4.78, 5) is 21.6. The molecule has 94 valence electrons. The summed E-state index contributed by atoms with van der Waals surface area (Å²) in [6.45, 7) is 6.07. The van der Waals surface area contributed by atoms with Crippen LogP contribution in [-0.4, -0.2) is 27.2 Å². The third-order valence-electron chi connectivity index (χ3n) is 2.22.